The molecule has 4 N–H and O–H groups in total. The highest BCUT2D eigenvalue weighted by molar-refractivity contribution is 7.99. The molecule has 2 aromatic heterocycles. The Kier molecular flexibility index (Phi) is 4.62. The molecule has 2 aliphatic rings. The Morgan fingerprint density at radius 3 is 2.89 bits per heavy atom. The van der Waals surface area contributed by atoms with Gasteiger partial charge in [-0.25, -0.2) is 19.0 Å². The van der Waals surface area contributed by atoms with Crippen molar-refractivity contribution in [2.45, 2.75) is 74.5 Å². The summed E-state index contributed by atoms with van der Waals surface area (Å²) in [5, 5.41) is 41.5. The van der Waals surface area contributed by atoms with Crippen LogP contribution in [-0.2, 0) is 4.74 Å². The standard InChI is InChI=1S/C24H31FN6O4S/c1-3-8-36-24-27-22(26-16-10-14(16)13-5-4-12(2)15(25)9-13)19-23(28-24)31(30-29-19)17-11-18(35-7-6-32)21(34)20(17)33/h4-5,9,14,16-18,20-21,32-34H,3,6-8,10-11H2,1-2H3,(H,26,27,28)/t14-,16+,17+,18-,20-,21+/m0/s1/i3D2,6D2,7D2,8D2,14D,16D. The lowest BCUT2D eigenvalue weighted by molar-refractivity contribution is -0.0629. The summed E-state index contributed by atoms with van der Waals surface area (Å²) in [7, 11) is 0. The number of aliphatic hydroxyl groups excluding tert-OH is 2. The molecule has 0 amide bonds. The smallest absolute Gasteiger partial charge is 0.191 e. The lowest BCUT2D eigenvalue weighted by atomic mass is 10.1. The summed E-state index contributed by atoms with van der Waals surface area (Å²) in [5.74, 6) is -2.39. The maximum atomic E-state index is 14.3. The maximum Gasteiger partial charge on any atom is 0.191 e. The average molecular weight is 529 g/mol. The third-order valence-corrected chi connectivity index (χ3v) is 6.77. The fourth-order valence-corrected chi connectivity index (χ4v) is 4.61. The fourth-order valence-electron chi connectivity index (χ4n) is 4.14. The number of halogens is 1. The van der Waals surface area contributed by atoms with Crippen LogP contribution in [0.5, 0.6) is 0 Å². The van der Waals surface area contributed by atoms with E-state index in [-0.39, 0.29) is 40.5 Å². The second-order valence-corrected chi connectivity index (χ2v) is 9.17. The molecule has 0 unspecified atom stereocenters. The van der Waals surface area contributed by atoms with E-state index in [1.807, 2.05) is 0 Å². The van der Waals surface area contributed by atoms with Gasteiger partial charge in [0.2, 0.25) is 0 Å². The van der Waals surface area contributed by atoms with Gasteiger partial charge in [-0.1, -0.05) is 36.0 Å². The van der Waals surface area contributed by atoms with Gasteiger partial charge in [0.25, 0.3) is 0 Å². The predicted octanol–water partition coefficient (Wildman–Crippen LogP) is 2.18. The molecule has 2 saturated carbocycles. The van der Waals surface area contributed by atoms with E-state index in [2.05, 4.69) is 25.6 Å². The van der Waals surface area contributed by atoms with E-state index in [4.69, 9.17) is 18.4 Å². The Labute approximate surface area is 226 Å². The number of hydrogen-bond donors (Lipinski definition) is 4. The van der Waals surface area contributed by atoms with Crippen LogP contribution in [0, 0.1) is 12.7 Å². The van der Waals surface area contributed by atoms with E-state index in [9.17, 15) is 19.7 Å². The molecule has 2 fully saturated rings. The number of hydrogen-bond acceptors (Lipinski definition) is 10. The molecule has 12 heteroatoms. The molecule has 0 radical (unpaired) electrons. The van der Waals surface area contributed by atoms with Crippen LogP contribution >= 0.6 is 11.8 Å². The number of benzene rings is 1. The number of nitrogens with one attached hydrogen (secondary N) is 1. The number of aromatic nitrogens is 5. The molecule has 6 atom stereocenters. The molecule has 0 bridgehead atoms. The minimum Gasteiger partial charge on any atom is -0.394 e. The van der Waals surface area contributed by atoms with Gasteiger partial charge in [0.1, 0.15) is 18.0 Å². The van der Waals surface area contributed by atoms with Gasteiger partial charge in [-0.2, -0.15) is 0 Å². The first-order chi connectivity index (χ1) is 20.9. The molecule has 36 heavy (non-hydrogen) atoms. The van der Waals surface area contributed by atoms with Gasteiger partial charge in [-0.05, 0) is 36.9 Å². The number of anilines is 1. The van der Waals surface area contributed by atoms with Gasteiger partial charge >= 0.3 is 0 Å². The van der Waals surface area contributed by atoms with Crippen molar-refractivity contribution in [1.82, 2.24) is 25.0 Å². The molecular weight excluding hydrogens is 487 g/mol. The summed E-state index contributed by atoms with van der Waals surface area (Å²) >= 11 is 0.309. The first-order valence-corrected chi connectivity index (χ1v) is 11.9. The molecular formula is C24H31FN6O4S. The van der Waals surface area contributed by atoms with Crippen molar-refractivity contribution >= 4 is 28.7 Å². The molecule has 194 valence electrons. The van der Waals surface area contributed by atoms with Gasteiger partial charge < -0.3 is 25.4 Å². The largest absolute Gasteiger partial charge is 0.394 e. The molecule has 10 nitrogen and oxygen atoms in total. The summed E-state index contributed by atoms with van der Waals surface area (Å²) in [5.41, 5.74) is -2.29. The Hall–Kier alpha value is -2.38. The summed E-state index contributed by atoms with van der Waals surface area (Å²) in [4.78, 5) is 8.55. The van der Waals surface area contributed by atoms with Crippen LogP contribution in [0.15, 0.2) is 23.4 Å². The molecule has 3 aromatic rings. The van der Waals surface area contributed by atoms with Crippen LogP contribution in [0.4, 0.5) is 10.2 Å². The summed E-state index contributed by atoms with van der Waals surface area (Å²) < 4.78 is 100. The zero-order valence-electron chi connectivity index (χ0n) is 29.2. The Morgan fingerprint density at radius 1 is 1.31 bits per heavy atom. The highest BCUT2D eigenvalue weighted by Gasteiger charge is 2.45. The van der Waals surface area contributed by atoms with Gasteiger partial charge in [-0.15, -0.1) is 5.10 Å². The van der Waals surface area contributed by atoms with Gasteiger partial charge in [0.05, 0.1) is 32.1 Å². The van der Waals surface area contributed by atoms with E-state index < -0.39 is 67.3 Å². The van der Waals surface area contributed by atoms with Crippen molar-refractivity contribution < 1.29 is 38.2 Å². The van der Waals surface area contributed by atoms with E-state index in [1.165, 1.54) is 18.2 Å². The zero-order valence-corrected chi connectivity index (χ0v) is 20.0. The van der Waals surface area contributed by atoms with E-state index in [0.717, 1.165) is 11.6 Å². The minimum atomic E-state index is -3.45. The van der Waals surface area contributed by atoms with Crippen molar-refractivity contribution in [2.24, 2.45) is 0 Å². The number of ether oxygens (including phenoxy) is 1. The second kappa shape index (κ2) is 10.5. The highest BCUT2D eigenvalue weighted by Crippen LogP contribution is 2.44. The average Bonchev–Trinajstić information content (AvgIpc) is 3.15. The number of thioether (sulfide) groups is 1. The van der Waals surface area contributed by atoms with Crippen molar-refractivity contribution in [3.05, 3.63) is 35.1 Å². The maximum absolute atomic E-state index is 14.3. The summed E-state index contributed by atoms with van der Waals surface area (Å²) in [6.07, 6.45) is -7.88. The van der Waals surface area contributed by atoms with Gasteiger partial charge in [-0.3, -0.25) is 0 Å². The lowest BCUT2D eigenvalue weighted by Crippen LogP contribution is -2.33. The third-order valence-electron chi connectivity index (χ3n) is 6.10. The van der Waals surface area contributed by atoms with E-state index in [0.29, 0.717) is 17.3 Å². The fraction of sp³-hybridized carbons (Fsp3) is 0.583. The Morgan fingerprint density at radius 2 is 2.14 bits per heavy atom. The summed E-state index contributed by atoms with van der Waals surface area (Å²) in [6.45, 7) is -4.15. The quantitative estimate of drug-likeness (QED) is 0.229. The van der Waals surface area contributed by atoms with E-state index in [1.54, 1.807) is 6.92 Å². The van der Waals surface area contributed by atoms with Crippen LogP contribution in [0.1, 0.15) is 62.9 Å². The number of nitrogens with zero attached hydrogens (tertiary/aromatic N) is 5. The molecule has 5 rings (SSSR count). The van der Waals surface area contributed by atoms with Gasteiger partial charge in [0.15, 0.2) is 22.1 Å². The van der Waals surface area contributed by atoms with Crippen LogP contribution in [-0.4, -0.2) is 83.4 Å². The number of aryl methyl sites for hydroxylation is 1. The number of fused-ring (bicyclic) bond motifs is 1. The van der Waals surface area contributed by atoms with Crippen LogP contribution in [0.3, 0.4) is 0 Å². The molecule has 0 saturated heterocycles. The summed E-state index contributed by atoms with van der Waals surface area (Å²) in [6, 6.07) is 1.18. The van der Waals surface area contributed by atoms with Crippen molar-refractivity contribution in [3.8, 4) is 0 Å². The van der Waals surface area contributed by atoms with Crippen LogP contribution in [0.2, 0.25) is 0 Å². The molecule has 2 aliphatic carbocycles. The molecule has 0 aliphatic heterocycles. The normalized spacial score (nSPS) is 37.4. The zero-order chi connectivity index (χ0) is 34.4. The molecule has 2 heterocycles. The first-order valence-electron chi connectivity index (χ1n) is 16.0. The molecule has 1 aromatic carbocycles. The third kappa shape index (κ3) is 4.92. The topological polar surface area (TPSA) is 138 Å². The highest BCUT2D eigenvalue weighted by atomic mass is 32.2. The van der Waals surface area contributed by atoms with Crippen molar-refractivity contribution in [3.63, 3.8) is 0 Å². The van der Waals surface area contributed by atoms with Crippen LogP contribution in [0.25, 0.3) is 11.2 Å². The molecule has 0 spiro atoms. The predicted molar refractivity (Wildman–Crippen MR) is 133 cm³/mol. The number of aliphatic hydroxyl groups is 3. The number of rotatable bonds is 10. The van der Waals surface area contributed by atoms with Crippen LogP contribution < -0.4 is 5.32 Å². The van der Waals surface area contributed by atoms with Gasteiger partial charge in [0, 0.05) is 30.9 Å². The lowest BCUT2D eigenvalue weighted by Gasteiger charge is -2.17. The Balaban J connectivity index is 1.54. The Bertz CT molecular complexity index is 1660. The minimum absolute atomic E-state index is 0.115. The van der Waals surface area contributed by atoms with Crippen molar-refractivity contribution in [1.29, 1.82) is 0 Å². The SMILES string of the molecule is [2H]C([2H])(C)C([2H])([2H])Sc1nc(N[C@]2([2H])C[C@@]2([2H])c2ccc(C)c(F)c2)c2nnn([C@@H]3C[C@H](OC([2H])([2H])C([2H])([2H])O)[C@@H](O)[C@H]3O)c2n1. The van der Waals surface area contributed by atoms with E-state index >= 15 is 0 Å². The second-order valence-electron chi connectivity index (χ2n) is 8.39. The monoisotopic (exact) mass is 528 g/mol. The first kappa shape index (κ1) is 15.8. The van der Waals surface area contributed by atoms with Crippen molar-refractivity contribution in [2.75, 3.05) is 24.1 Å².